The van der Waals surface area contributed by atoms with Crippen LogP contribution in [0.5, 0.6) is 0 Å². The standard InChI is InChI=1S/C52H41N7/c53-49(34-16-4-1-5-17-34)52(56-51(54)35-18-6-2-7-19-35)59-46-29-28-37(32-42(46)38-30-31-55-33-47(38)59)57-43-25-13-10-22-39(43)48-40-23-11-14-26-44(40)58(36-20-8-3-9-21-36)50(48)41-24-12-15-27-45(41)57/h1-32,49,51,55H,33,53-54H2/b56-52+/t49-,51?/m1/s1. The molecule has 7 nitrogen and oxygen atoms in total. The van der Waals surface area contributed by atoms with Crippen molar-refractivity contribution < 1.29 is 0 Å². The number of benzene rings is 7. The molecule has 2 aromatic heterocycles. The number of nitrogens with one attached hydrogen (secondary N) is 1. The number of para-hydroxylation sites is 4. The van der Waals surface area contributed by atoms with Gasteiger partial charge in [-0.05, 0) is 71.9 Å². The van der Waals surface area contributed by atoms with Crippen LogP contribution in [0.2, 0.25) is 0 Å². The Balaban J connectivity index is 1.15. The molecule has 59 heavy (non-hydrogen) atoms. The zero-order valence-electron chi connectivity index (χ0n) is 32.3. The predicted octanol–water partition coefficient (Wildman–Crippen LogP) is 11.4. The summed E-state index contributed by atoms with van der Waals surface area (Å²) in [7, 11) is 0. The summed E-state index contributed by atoms with van der Waals surface area (Å²) >= 11 is 0. The van der Waals surface area contributed by atoms with Crippen LogP contribution in [0.25, 0.3) is 56.0 Å². The molecule has 0 bridgehead atoms. The fourth-order valence-electron chi connectivity index (χ4n) is 9.14. The molecule has 0 radical (unpaired) electrons. The molecule has 7 heteroatoms. The highest BCUT2D eigenvalue weighted by Crippen LogP contribution is 2.54. The first kappa shape index (κ1) is 34.8. The molecule has 0 fully saturated rings. The minimum absolute atomic E-state index is 0.537. The zero-order chi connectivity index (χ0) is 39.5. The van der Waals surface area contributed by atoms with Crippen LogP contribution >= 0.6 is 0 Å². The third-order valence-electron chi connectivity index (χ3n) is 11.8. The molecule has 2 aliphatic rings. The van der Waals surface area contributed by atoms with Gasteiger partial charge in [0.1, 0.15) is 12.0 Å². The maximum absolute atomic E-state index is 7.22. The fourth-order valence-corrected chi connectivity index (χ4v) is 9.14. The average Bonchev–Trinajstić information content (AvgIpc) is 3.78. The van der Waals surface area contributed by atoms with Crippen LogP contribution in [0.4, 0.5) is 17.1 Å². The van der Waals surface area contributed by atoms with Crippen LogP contribution in [-0.2, 0) is 6.54 Å². The molecule has 0 amide bonds. The van der Waals surface area contributed by atoms with Crippen LogP contribution < -0.4 is 21.7 Å². The molecule has 9 aromatic rings. The summed E-state index contributed by atoms with van der Waals surface area (Å²) in [5.74, 6) is 0.689. The van der Waals surface area contributed by atoms with Crippen molar-refractivity contribution in [1.82, 2.24) is 14.5 Å². The van der Waals surface area contributed by atoms with Gasteiger partial charge in [0.25, 0.3) is 0 Å². The summed E-state index contributed by atoms with van der Waals surface area (Å²) < 4.78 is 4.67. The molecular weight excluding hydrogens is 723 g/mol. The molecule has 1 unspecified atom stereocenters. The van der Waals surface area contributed by atoms with E-state index in [2.05, 4.69) is 159 Å². The second kappa shape index (κ2) is 14.2. The third-order valence-corrected chi connectivity index (χ3v) is 11.8. The van der Waals surface area contributed by atoms with Gasteiger partial charge in [0.2, 0.25) is 0 Å². The van der Waals surface area contributed by atoms with Crippen molar-refractivity contribution >= 4 is 50.8 Å². The number of fused-ring (bicyclic) bond motifs is 10. The summed E-state index contributed by atoms with van der Waals surface area (Å²) in [6.45, 7) is 0.609. The van der Waals surface area contributed by atoms with E-state index in [-0.39, 0.29) is 0 Å². The molecule has 4 heterocycles. The maximum Gasteiger partial charge on any atom is 0.132 e. The number of aliphatic imine (C=N–C) groups is 1. The van der Waals surface area contributed by atoms with Gasteiger partial charge in [0, 0.05) is 44.4 Å². The first-order valence-electron chi connectivity index (χ1n) is 20.1. The largest absolute Gasteiger partial charge is 0.385 e. The van der Waals surface area contributed by atoms with E-state index in [4.69, 9.17) is 16.5 Å². The summed E-state index contributed by atoms with van der Waals surface area (Å²) in [5.41, 5.74) is 29.5. The number of hydrogen-bond acceptors (Lipinski definition) is 5. The van der Waals surface area contributed by atoms with E-state index in [1.165, 1.54) is 27.7 Å². The third kappa shape index (κ3) is 5.62. The molecule has 7 aromatic carbocycles. The van der Waals surface area contributed by atoms with Crippen molar-refractivity contribution in [2.75, 3.05) is 4.90 Å². The van der Waals surface area contributed by atoms with Gasteiger partial charge in [-0.2, -0.15) is 0 Å². The molecule has 5 N–H and O–H groups in total. The highest BCUT2D eigenvalue weighted by atomic mass is 15.2. The molecule has 0 spiro atoms. The highest BCUT2D eigenvalue weighted by Gasteiger charge is 2.32. The van der Waals surface area contributed by atoms with Crippen molar-refractivity contribution in [3.05, 3.63) is 211 Å². The maximum atomic E-state index is 7.22. The number of nitrogens with zero attached hydrogens (tertiary/aromatic N) is 4. The first-order chi connectivity index (χ1) is 29.2. The Labute approximate surface area is 342 Å². The first-order valence-corrected chi connectivity index (χ1v) is 20.1. The Morgan fingerprint density at radius 1 is 0.576 bits per heavy atom. The number of rotatable bonds is 6. The van der Waals surface area contributed by atoms with E-state index in [0.29, 0.717) is 12.4 Å². The van der Waals surface area contributed by atoms with Gasteiger partial charge in [-0.1, -0.05) is 133 Å². The van der Waals surface area contributed by atoms with Crippen LogP contribution in [0.3, 0.4) is 0 Å². The Kier molecular flexibility index (Phi) is 8.36. The van der Waals surface area contributed by atoms with Crippen LogP contribution in [-0.4, -0.2) is 15.0 Å². The second-order valence-electron chi connectivity index (χ2n) is 15.1. The second-order valence-corrected chi connectivity index (χ2v) is 15.1. The van der Waals surface area contributed by atoms with E-state index < -0.39 is 12.2 Å². The van der Waals surface area contributed by atoms with E-state index in [0.717, 1.165) is 61.6 Å². The topological polar surface area (TPSA) is 89.5 Å². The van der Waals surface area contributed by atoms with Gasteiger partial charge >= 0.3 is 0 Å². The minimum atomic E-state index is -0.611. The van der Waals surface area contributed by atoms with E-state index in [9.17, 15) is 0 Å². The lowest BCUT2D eigenvalue weighted by molar-refractivity contribution is 0.737. The summed E-state index contributed by atoms with van der Waals surface area (Å²) in [4.78, 5) is 7.68. The van der Waals surface area contributed by atoms with E-state index in [1.807, 2.05) is 54.7 Å². The lowest BCUT2D eigenvalue weighted by atomic mass is 9.98. The normalized spacial score (nSPS) is 14.2. The van der Waals surface area contributed by atoms with E-state index in [1.54, 1.807) is 0 Å². The van der Waals surface area contributed by atoms with Crippen molar-refractivity contribution in [2.24, 2.45) is 16.5 Å². The average molecular weight is 764 g/mol. The minimum Gasteiger partial charge on any atom is -0.385 e. The zero-order valence-corrected chi connectivity index (χ0v) is 32.3. The molecule has 0 saturated carbocycles. The van der Waals surface area contributed by atoms with Crippen molar-refractivity contribution in [3.63, 3.8) is 0 Å². The highest BCUT2D eigenvalue weighted by molar-refractivity contribution is 6.13. The summed E-state index contributed by atoms with van der Waals surface area (Å²) in [6, 6.07) is 63.5. The molecule has 11 rings (SSSR count). The quantitative estimate of drug-likeness (QED) is 0.116. The lowest BCUT2D eigenvalue weighted by Gasteiger charge is -2.28. The van der Waals surface area contributed by atoms with Gasteiger partial charge < -0.3 is 26.3 Å². The van der Waals surface area contributed by atoms with E-state index >= 15 is 0 Å². The lowest BCUT2D eigenvalue weighted by Crippen LogP contribution is -2.31. The summed E-state index contributed by atoms with van der Waals surface area (Å²) in [5, 5.41) is 5.79. The molecular formula is C52H41N7. The van der Waals surface area contributed by atoms with Gasteiger partial charge in [-0.15, -0.1) is 0 Å². The van der Waals surface area contributed by atoms with Gasteiger partial charge in [-0.25, -0.2) is 4.99 Å². The van der Waals surface area contributed by atoms with Gasteiger partial charge in [0.05, 0.1) is 46.4 Å². The number of aromatic nitrogens is 2. The monoisotopic (exact) mass is 763 g/mol. The predicted molar refractivity (Wildman–Crippen MR) is 243 cm³/mol. The Morgan fingerprint density at radius 2 is 1.20 bits per heavy atom. The number of nitrogens with two attached hydrogens (primary N) is 2. The van der Waals surface area contributed by atoms with Gasteiger partial charge in [0.15, 0.2) is 0 Å². The van der Waals surface area contributed by atoms with Crippen LogP contribution in [0, 0.1) is 0 Å². The molecule has 0 aliphatic carbocycles. The molecule has 2 atom stereocenters. The molecule has 284 valence electrons. The Morgan fingerprint density at radius 3 is 1.97 bits per heavy atom. The van der Waals surface area contributed by atoms with Crippen LogP contribution in [0.15, 0.2) is 193 Å². The van der Waals surface area contributed by atoms with Gasteiger partial charge in [-0.3, -0.25) is 4.57 Å². The van der Waals surface area contributed by atoms with Crippen molar-refractivity contribution in [2.45, 2.75) is 18.8 Å². The Bertz CT molecular complexity index is 3090. The van der Waals surface area contributed by atoms with Crippen molar-refractivity contribution in [3.8, 4) is 28.1 Å². The SMILES string of the molecule is NC(/N=C(\[C@H](N)c1ccccc1)n1c2c(c3cc(N4c5ccccc5-c5c(n(-c6ccccc6)c6ccccc56)-c5ccccc54)ccc31)C=CNC2)c1ccccc1. The Hall–Kier alpha value is -7.45. The van der Waals surface area contributed by atoms with Crippen molar-refractivity contribution in [1.29, 1.82) is 0 Å². The summed E-state index contributed by atoms with van der Waals surface area (Å²) in [6.07, 6.45) is 3.59. The number of hydrogen-bond donors (Lipinski definition) is 3. The number of anilines is 3. The molecule has 2 aliphatic heterocycles. The molecule has 0 saturated heterocycles. The van der Waals surface area contributed by atoms with Crippen LogP contribution in [0.1, 0.15) is 34.6 Å². The fraction of sp³-hybridized carbons (Fsp3) is 0.0577. The smallest absolute Gasteiger partial charge is 0.132 e.